The zero-order valence-corrected chi connectivity index (χ0v) is 26.4. The molecule has 1 heterocycles. The lowest BCUT2D eigenvalue weighted by atomic mass is 9.79. The lowest BCUT2D eigenvalue weighted by molar-refractivity contribution is -0.167. The topological polar surface area (TPSA) is 108 Å². The number of aliphatic hydroxyl groups excluding tert-OH is 1. The Bertz CT molecular complexity index is 1310. The van der Waals surface area contributed by atoms with Crippen molar-refractivity contribution in [3.63, 3.8) is 0 Å². The molecule has 5 atom stereocenters. The van der Waals surface area contributed by atoms with E-state index in [1.807, 2.05) is 30.3 Å². The number of nitrogens with one attached hydrogen (secondary N) is 1. The molecule has 0 bridgehead atoms. The number of hydrogen-bond acceptors (Lipinski definition) is 6. The van der Waals surface area contributed by atoms with Crippen molar-refractivity contribution in [2.45, 2.75) is 89.3 Å². The summed E-state index contributed by atoms with van der Waals surface area (Å²) in [6.07, 6.45) is 1.80. The maximum absolute atomic E-state index is 13.7. The second-order valence-corrected chi connectivity index (χ2v) is 13.0. The fourth-order valence-electron chi connectivity index (χ4n) is 6.14. The number of aryl methyl sites for hydroxylation is 1. The van der Waals surface area contributed by atoms with Crippen molar-refractivity contribution in [1.29, 1.82) is 0 Å². The third-order valence-electron chi connectivity index (χ3n) is 8.32. The Morgan fingerprint density at radius 1 is 1.21 bits per heavy atom. The van der Waals surface area contributed by atoms with Gasteiger partial charge in [-0.3, -0.25) is 4.79 Å². The van der Waals surface area contributed by atoms with E-state index in [2.05, 4.69) is 31.0 Å². The highest BCUT2D eigenvalue weighted by atomic mass is 35.5. The molecular formula is C34H45ClN2O6. The molecule has 1 aliphatic carbocycles. The van der Waals surface area contributed by atoms with Crippen LogP contribution in [-0.2, 0) is 26.3 Å². The zero-order chi connectivity index (χ0) is 31.4. The summed E-state index contributed by atoms with van der Waals surface area (Å²) in [6, 6.07) is 13.1. The van der Waals surface area contributed by atoms with Crippen LogP contribution >= 0.6 is 11.6 Å². The molecule has 1 saturated heterocycles. The first kappa shape index (κ1) is 33.0. The number of amides is 2. The maximum atomic E-state index is 13.7. The molecule has 2 amide bonds. The summed E-state index contributed by atoms with van der Waals surface area (Å²) in [4.78, 5) is 27.8. The van der Waals surface area contributed by atoms with Gasteiger partial charge >= 0.3 is 6.09 Å². The Kier molecular flexibility index (Phi) is 10.6. The van der Waals surface area contributed by atoms with E-state index >= 15 is 0 Å². The summed E-state index contributed by atoms with van der Waals surface area (Å²) in [5, 5.41) is 26.4. The van der Waals surface area contributed by atoms with Crippen LogP contribution in [0.5, 0.6) is 0 Å². The van der Waals surface area contributed by atoms with E-state index in [0.29, 0.717) is 36.4 Å². The number of morpholine rings is 1. The van der Waals surface area contributed by atoms with Crippen molar-refractivity contribution in [2.75, 3.05) is 19.7 Å². The van der Waals surface area contributed by atoms with Crippen LogP contribution in [0.2, 0.25) is 5.02 Å². The number of rotatable bonds is 9. The minimum Gasteiger partial charge on any atom is -0.444 e. The van der Waals surface area contributed by atoms with Crippen molar-refractivity contribution in [3.05, 3.63) is 71.3 Å². The largest absolute Gasteiger partial charge is 0.444 e. The number of allylic oxidation sites excluding steroid dienone is 1. The van der Waals surface area contributed by atoms with Gasteiger partial charge in [0.25, 0.3) is 0 Å². The Labute approximate surface area is 260 Å². The Morgan fingerprint density at radius 2 is 1.95 bits per heavy atom. The second-order valence-electron chi connectivity index (χ2n) is 12.6. The summed E-state index contributed by atoms with van der Waals surface area (Å²) in [5.74, 6) is -0.609. The average molecular weight is 613 g/mol. The number of carbonyl (C=O) groups excluding carboxylic acids is 2. The molecule has 43 heavy (non-hydrogen) atoms. The van der Waals surface area contributed by atoms with E-state index in [1.54, 1.807) is 31.7 Å². The maximum Gasteiger partial charge on any atom is 0.407 e. The highest BCUT2D eigenvalue weighted by Crippen LogP contribution is 2.43. The van der Waals surface area contributed by atoms with Gasteiger partial charge in [0, 0.05) is 23.0 Å². The van der Waals surface area contributed by atoms with Crippen LogP contribution in [0, 0.1) is 5.92 Å². The number of hydrogen-bond donors (Lipinski definition) is 3. The van der Waals surface area contributed by atoms with Crippen molar-refractivity contribution in [1.82, 2.24) is 10.2 Å². The van der Waals surface area contributed by atoms with Crippen molar-refractivity contribution < 1.29 is 29.3 Å². The van der Waals surface area contributed by atoms with Crippen LogP contribution < -0.4 is 5.32 Å². The van der Waals surface area contributed by atoms with E-state index in [-0.39, 0.29) is 25.5 Å². The van der Waals surface area contributed by atoms with E-state index in [1.165, 1.54) is 0 Å². The molecule has 0 spiro atoms. The Hall–Kier alpha value is -2.91. The number of alkyl carbamates (subject to hydrolysis) is 1. The van der Waals surface area contributed by atoms with Gasteiger partial charge in [-0.25, -0.2) is 4.79 Å². The number of nitrogens with zero attached hydrogens (tertiary/aromatic N) is 1. The quantitative estimate of drug-likeness (QED) is 0.318. The summed E-state index contributed by atoms with van der Waals surface area (Å²) in [6.45, 7) is 12.1. The molecule has 2 aliphatic rings. The van der Waals surface area contributed by atoms with Crippen LogP contribution in [-0.4, -0.2) is 70.7 Å². The van der Waals surface area contributed by atoms with Gasteiger partial charge in [0.05, 0.1) is 25.3 Å². The van der Waals surface area contributed by atoms with E-state index in [4.69, 9.17) is 21.1 Å². The fourth-order valence-corrected chi connectivity index (χ4v) is 6.43. The summed E-state index contributed by atoms with van der Waals surface area (Å²) < 4.78 is 11.5. The lowest BCUT2D eigenvalue weighted by Gasteiger charge is -2.43. The molecule has 1 saturated carbocycles. The SMILES string of the molecule is C=CCC[C@@](O)(c1cccc(Cl)c1-c1cccc(CC)c1)[C@H]1CN(C(=O)[C@@H]2C[C@H](O)[C@H](NC(=O)OC(C)(C)C)C2)CCO1. The first-order chi connectivity index (χ1) is 20.4. The van der Waals surface area contributed by atoms with Crippen LogP contribution in [0.1, 0.15) is 64.5 Å². The molecule has 8 nitrogen and oxygen atoms in total. The van der Waals surface area contributed by atoms with Crippen LogP contribution in [0.25, 0.3) is 11.1 Å². The molecule has 3 N–H and O–H groups in total. The van der Waals surface area contributed by atoms with Crippen LogP contribution in [0.4, 0.5) is 4.79 Å². The van der Waals surface area contributed by atoms with Gasteiger partial charge in [-0.1, -0.05) is 61.0 Å². The first-order valence-electron chi connectivity index (χ1n) is 15.2. The van der Waals surface area contributed by atoms with Gasteiger partial charge in [-0.2, -0.15) is 0 Å². The third kappa shape index (κ3) is 7.79. The molecule has 0 radical (unpaired) electrons. The number of aliphatic hydroxyl groups is 2. The smallest absolute Gasteiger partial charge is 0.407 e. The molecule has 9 heteroatoms. The van der Waals surface area contributed by atoms with Crippen molar-refractivity contribution >= 4 is 23.6 Å². The average Bonchev–Trinajstić information content (AvgIpc) is 3.33. The van der Waals surface area contributed by atoms with E-state index < -0.39 is 41.5 Å². The summed E-state index contributed by atoms with van der Waals surface area (Å²) >= 11 is 6.80. The molecule has 2 aromatic rings. The summed E-state index contributed by atoms with van der Waals surface area (Å²) in [7, 11) is 0. The second kappa shape index (κ2) is 13.8. The van der Waals surface area contributed by atoms with E-state index in [0.717, 1.165) is 23.1 Å². The zero-order valence-electron chi connectivity index (χ0n) is 25.6. The van der Waals surface area contributed by atoms with Crippen molar-refractivity contribution in [3.8, 4) is 11.1 Å². The predicted molar refractivity (Wildman–Crippen MR) is 168 cm³/mol. The Morgan fingerprint density at radius 3 is 2.65 bits per heavy atom. The van der Waals surface area contributed by atoms with Gasteiger partial charge in [-0.05, 0) is 75.6 Å². The normalized spacial score (nSPS) is 23.8. The molecular weight excluding hydrogens is 568 g/mol. The molecule has 2 aromatic carbocycles. The van der Waals surface area contributed by atoms with E-state index in [9.17, 15) is 19.8 Å². The monoisotopic (exact) mass is 612 g/mol. The molecule has 1 aliphatic heterocycles. The molecule has 0 unspecified atom stereocenters. The molecule has 0 aromatic heterocycles. The van der Waals surface area contributed by atoms with Gasteiger partial charge in [-0.15, -0.1) is 6.58 Å². The van der Waals surface area contributed by atoms with Gasteiger partial charge < -0.3 is 29.9 Å². The first-order valence-corrected chi connectivity index (χ1v) is 15.5. The van der Waals surface area contributed by atoms with Gasteiger partial charge in [0.15, 0.2) is 0 Å². The minimum absolute atomic E-state index is 0.131. The molecule has 234 valence electrons. The molecule has 2 fully saturated rings. The van der Waals surface area contributed by atoms with Crippen LogP contribution in [0.3, 0.4) is 0 Å². The highest BCUT2D eigenvalue weighted by molar-refractivity contribution is 6.33. The number of carbonyl (C=O) groups is 2. The summed E-state index contributed by atoms with van der Waals surface area (Å²) in [5.41, 5.74) is 1.31. The minimum atomic E-state index is -1.47. The van der Waals surface area contributed by atoms with Gasteiger partial charge in [0.2, 0.25) is 5.91 Å². The standard InChI is InChI=1S/C34H45ClN2O6/c1-6-8-15-34(41,25-13-10-14-26(35)30(25)23-12-9-11-22(7-2)18-23)29-21-37(16-17-42-29)31(39)24-19-27(28(38)20-24)36-32(40)43-33(3,4)5/h6,9-14,18,24,27-29,38,41H,1,7-8,15-17,19-21H2,2-5H3,(H,36,40)/t24-,27+,28-,29+,34+/m0/s1. The number of ether oxygens (including phenoxy) is 2. The fraction of sp³-hybridized carbons (Fsp3) is 0.529. The van der Waals surface area contributed by atoms with Gasteiger partial charge in [0.1, 0.15) is 17.3 Å². The highest BCUT2D eigenvalue weighted by Gasteiger charge is 2.46. The lowest BCUT2D eigenvalue weighted by Crippen LogP contribution is -2.55. The third-order valence-corrected chi connectivity index (χ3v) is 8.64. The van der Waals surface area contributed by atoms with Crippen LogP contribution in [0.15, 0.2) is 55.1 Å². The number of halogens is 1. The van der Waals surface area contributed by atoms with Crippen molar-refractivity contribution in [2.24, 2.45) is 5.92 Å². The predicted octanol–water partition coefficient (Wildman–Crippen LogP) is 5.61. The Balaban J connectivity index is 1.57. The molecule has 4 rings (SSSR count). The number of benzene rings is 2.